The second kappa shape index (κ2) is 9.53. The standard InChI is InChI=1S/C22H19F3N4O6S/c1-36(32,33)17-7-5-14(6-8-17)12-28-9-10-29-18(13-34-21(29)27-20(28)31)19(30)26-15-3-2-4-16(11-15)35-22(23,24)25/h2-8,11,13H,9-10,12H2,1H3,(H,26,30). The highest BCUT2D eigenvalue weighted by atomic mass is 32.2. The van der Waals surface area contributed by atoms with Crippen LogP contribution in [0.25, 0.3) is 0 Å². The summed E-state index contributed by atoms with van der Waals surface area (Å²) < 4.78 is 69.8. The van der Waals surface area contributed by atoms with Crippen LogP contribution in [0.3, 0.4) is 0 Å². The molecule has 36 heavy (non-hydrogen) atoms. The van der Waals surface area contributed by atoms with E-state index < -0.39 is 33.9 Å². The second-order valence-corrected chi connectivity index (χ2v) is 9.83. The Morgan fingerprint density at radius 1 is 1.17 bits per heavy atom. The molecular weight excluding hydrogens is 505 g/mol. The fraction of sp³-hybridized carbons (Fsp3) is 0.227. The highest BCUT2D eigenvalue weighted by Gasteiger charge is 2.34. The number of nitrogens with one attached hydrogen (secondary N) is 1. The molecule has 190 valence electrons. The van der Waals surface area contributed by atoms with Crippen LogP contribution in [0.2, 0.25) is 0 Å². The quantitative estimate of drug-likeness (QED) is 0.617. The Morgan fingerprint density at radius 2 is 1.89 bits per heavy atom. The number of hydrogen-bond donors (Lipinski definition) is 1. The van der Waals surface area contributed by atoms with E-state index in [9.17, 15) is 31.2 Å². The Balaban J connectivity index is 1.42. The Hall–Kier alpha value is -4.07. The predicted octanol–water partition coefficient (Wildman–Crippen LogP) is 3.09. The summed E-state index contributed by atoms with van der Waals surface area (Å²) in [5.74, 6) is -1.19. The maximum absolute atomic E-state index is 12.8. The van der Waals surface area contributed by atoms with Gasteiger partial charge in [-0.15, -0.1) is 18.2 Å². The first kappa shape index (κ1) is 25.0. The van der Waals surface area contributed by atoms with E-state index in [1.807, 2.05) is 0 Å². The highest BCUT2D eigenvalue weighted by molar-refractivity contribution is 7.90. The van der Waals surface area contributed by atoms with E-state index in [2.05, 4.69) is 15.0 Å². The van der Waals surface area contributed by atoms with Crippen LogP contribution in [0.1, 0.15) is 5.56 Å². The van der Waals surface area contributed by atoms with Crippen LogP contribution >= 0.6 is 0 Å². The summed E-state index contributed by atoms with van der Waals surface area (Å²) in [5, 5.41) is 2.46. The van der Waals surface area contributed by atoms with E-state index in [1.165, 1.54) is 34.1 Å². The van der Waals surface area contributed by atoms with E-state index in [-0.39, 0.29) is 41.9 Å². The van der Waals surface area contributed by atoms with Gasteiger partial charge in [0.05, 0.1) is 4.90 Å². The number of alkyl halides is 3. The number of hydrogen-bond acceptors (Lipinski definition) is 7. The number of amides is 3. The van der Waals surface area contributed by atoms with Gasteiger partial charge in [0, 0.05) is 37.6 Å². The van der Waals surface area contributed by atoms with Gasteiger partial charge in [-0.25, -0.2) is 13.2 Å². The summed E-state index contributed by atoms with van der Waals surface area (Å²) in [6.07, 6.45) is -2.69. The number of amidine groups is 1. The molecule has 0 bridgehead atoms. The smallest absolute Gasteiger partial charge is 0.431 e. The van der Waals surface area contributed by atoms with E-state index in [4.69, 9.17) is 4.74 Å². The van der Waals surface area contributed by atoms with Crippen molar-refractivity contribution in [2.24, 2.45) is 4.99 Å². The average Bonchev–Trinajstić information content (AvgIpc) is 3.11. The average molecular weight is 524 g/mol. The molecule has 4 rings (SSSR count). The van der Waals surface area contributed by atoms with Crippen LogP contribution in [0.4, 0.5) is 23.7 Å². The van der Waals surface area contributed by atoms with Crippen molar-refractivity contribution in [1.82, 2.24) is 9.80 Å². The molecule has 3 amide bonds. The topological polar surface area (TPSA) is 118 Å². The SMILES string of the molecule is CS(=O)(=O)c1ccc(CN2CCN3C(C(=O)Nc4cccc(OC(F)(F)F)c4)=COC3=NC2=O)cc1. The first-order chi connectivity index (χ1) is 16.9. The highest BCUT2D eigenvalue weighted by Crippen LogP contribution is 2.26. The Kier molecular flexibility index (Phi) is 6.63. The van der Waals surface area contributed by atoms with Crippen LogP contribution in [-0.4, -0.2) is 61.9 Å². The van der Waals surface area contributed by atoms with E-state index >= 15 is 0 Å². The van der Waals surface area contributed by atoms with Gasteiger partial charge >= 0.3 is 18.4 Å². The molecule has 10 nitrogen and oxygen atoms in total. The lowest BCUT2D eigenvalue weighted by Crippen LogP contribution is -2.36. The van der Waals surface area contributed by atoms with Crippen molar-refractivity contribution in [3.05, 3.63) is 66.1 Å². The summed E-state index contributed by atoms with van der Waals surface area (Å²) >= 11 is 0. The summed E-state index contributed by atoms with van der Waals surface area (Å²) in [4.78, 5) is 32.2. The number of nitrogens with zero attached hydrogens (tertiary/aromatic N) is 3. The molecule has 14 heteroatoms. The first-order valence-electron chi connectivity index (χ1n) is 10.4. The van der Waals surface area contributed by atoms with Gasteiger partial charge in [-0.3, -0.25) is 9.69 Å². The minimum Gasteiger partial charge on any atom is -0.431 e. The van der Waals surface area contributed by atoms with Crippen LogP contribution in [0.15, 0.2) is 70.4 Å². The van der Waals surface area contributed by atoms with E-state index in [0.29, 0.717) is 5.56 Å². The third-order valence-corrected chi connectivity index (χ3v) is 6.26. The van der Waals surface area contributed by atoms with Crippen molar-refractivity contribution in [1.29, 1.82) is 0 Å². The number of carbonyl (C=O) groups is 2. The molecular formula is C22H19F3N4O6S. The largest absolute Gasteiger partial charge is 0.573 e. The Morgan fingerprint density at radius 3 is 2.56 bits per heavy atom. The van der Waals surface area contributed by atoms with Gasteiger partial charge in [-0.05, 0) is 29.8 Å². The fourth-order valence-corrected chi connectivity index (χ4v) is 4.09. The number of sulfone groups is 1. The number of rotatable bonds is 6. The predicted molar refractivity (Wildman–Crippen MR) is 120 cm³/mol. The number of carbonyl (C=O) groups excluding carboxylic acids is 2. The zero-order valence-electron chi connectivity index (χ0n) is 18.7. The van der Waals surface area contributed by atoms with Gasteiger partial charge in [-0.1, -0.05) is 18.2 Å². The lowest BCUT2D eigenvalue weighted by Gasteiger charge is -2.21. The van der Waals surface area contributed by atoms with Gasteiger partial charge in [-0.2, -0.15) is 0 Å². The third-order valence-electron chi connectivity index (χ3n) is 5.14. The van der Waals surface area contributed by atoms with Crippen molar-refractivity contribution < 1.29 is 40.7 Å². The van der Waals surface area contributed by atoms with Crippen LogP contribution in [0.5, 0.6) is 5.75 Å². The molecule has 0 spiro atoms. The molecule has 0 radical (unpaired) electrons. The van der Waals surface area contributed by atoms with Crippen LogP contribution in [0, 0.1) is 0 Å². The maximum Gasteiger partial charge on any atom is 0.573 e. The molecule has 2 heterocycles. The zero-order valence-corrected chi connectivity index (χ0v) is 19.5. The molecule has 1 N–H and O–H groups in total. The fourth-order valence-electron chi connectivity index (χ4n) is 3.46. The summed E-state index contributed by atoms with van der Waals surface area (Å²) in [5.41, 5.74) is 0.731. The normalized spacial score (nSPS) is 15.9. The molecule has 2 aliphatic heterocycles. The lowest BCUT2D eigenvalue weighted by molar-refractivity contribution is -0.274. The zero-order chi connectivity index (χ0) is 26.1. The van der Waals surface area contributed by atoms with Crippen molar-refractivity contribution >= 4 is 33.5 Å². The van der Waals surface area contributed by atoms with Gasteiger partial charge in [0.2, 0.25) is 0 Å². The summed E-state index contributed by atoms with van der Waals surface area (Å²) in [6, 6.07) is 10.1. The molecule has 0 atom stereocenters. The summed E-state index contributed by atoms with van der Waals surface area (Å²) in [6.45, 7) is 0.440. The van der Waals surface area contributed by atoms with Crippen molar-refractivity contribution in [2.75, 3.05) is 24.7 Å². The molecule has 0 aliphatic carbocycles. The number of urea groups is 1. The third kappa shape index (κ3) is 5.94. The maximum atomic E-state index is 12.8. The second-order valence-electron chi connectivity index (χ2n) is 7.82. The van der Waals surface area contributed by atoms with Crippen molar-refractivity contribution in [2.45, 2.75) is 17.8 Å². The van der Waals surface area contributed by atoms with Crippen LogP contribution in [-0.2, 0) is 25.9 Å². The lowest BCUT2D eigenvalue weighted by atomic mass is 10.2. The van der Waals surface area contributed by atoms with Gasteiger partial charge in [0.25, 0.3) is 5.91 Å². The number of fused-ring (bicyclic) bond motifs is 1. The number of benzene rings is 2. The van der Waals surface area contributed by atoms with Crippen molar-refractivity contribution in [3.63, 3.8) is 0 Å². The molecule has 0 fully saturated rings. The minimum absolute atomic E-state index is 0.00282. The number of aliphatic imine (C=N–C) groups is 1. The van der Waals surface area contributed by atoms with Crippen LogP contribution < -0.4 is 10.1 Å². The molecule has 0 saturated heterocycles. The van der Waals surface area contributed by atoms with Gasteiger partial charge < -0.3 is 19.7 Å². The monoisotopic (exact) mass is 524 g/mol. The minimum atomic E-state index is -4.88. The molecule has 2 aromatic rings. The van der Waals surface area contributed by atoms with E-state index in [0.717, 1.165) is 24.7 Å². The molecule has 2 aliphatic rings. The molecule has 2 aromatic carbocycles. The summed E-state index contributed by atoms with van der Waals surface area (Å²) in [7, 11) is -3.35. The Bertz CT molecular complexity index is 1360. The number of halogens is 3. The Labute approximate surface area is 203 Å². The van der Waals surface area contributed by atoms with Gasteiger partial charge in [0.15, 0.2) is 9.84 Å². The molecule has 0 aromatic heterocycles. The first-order valence-corrected chi connectivity index (χ1v) is 12.3. The molecule has 0 unspecified atom stereocenters. The van der Waals surface area contributed by atoms with Gasteiger partial charge in [0.1, 0.15) is 17.7 Å². The number of ether oxygens (including phenoxy) is 2. The number of anilines is 1. The molecule has 0 saturated carbocycles. The van der Waals surface area contributed by atoms with Crippen molar-refractivity contribution in [3.8, 4) is 5.75 Å². The van der Waals surface area contributed by atoms with E-state index in [1.54, 1.807) is 12.1 Å².